The van der Waals surface area contributed by atoms with E-state index in [0.717, 1.165) is 18.4 Å². The van der Waals surface area contributed by atoms with Crippen molar-refractivity contribution >= 4 is 17.7 Å². The van der Waals surface area contributed by atoms with E-state index in [-0.39, 0.29) is 24.0 Å². The summed E-state index contributed by atoms with van der Waals surface area (Å²) >= 11 is 0. The molecule has 0 aliphatic heterocycles. The van der Waals surface area contributed by atoms with Crippen molar-refractivity contribution in [2.75, 3.05) is 0 Å². The Kier molecular flexibility index (Phi) is 3.24. The minimum absolute atomic E-state index is 0.0860. The Labute approximate surface area is 104 Å². The van der Waals surface area contributed by atoms with Gasteiger partial charge in [0, 0.05) is 5.92 Å². The molecule has 0 aromatic carbocycles. The number of aliphatic carboxylic acids is 2. The van der Waals surface area contributed by atoms with Gasteiger partial charge in [0.15, 0.2) is 0 Å². The van der Waals surface area contributed by atoms with Gasteiger partial charge in [-0.15, -0.1) is 0 Å². The van der Waals surface area contributed by atoms with E-state index >= 15 is 0 Å². The molecule has 18 heavy (non-hydrogen) atoms. The molecule has 0 heterocycles. The van der Waals surface area contributed by atoms with Crippen LogP contribution in [0.3, 0.4) is 0 Å². The topological polar surface area (TPSA) is 91.7 Å². The van der Waals surface area contributed by atoms with Gasteiger partial charge < -0.3 is 10.2 Å². The summed E-state index contributed by atoms with van der Waals surface area (Å²) in [5.41, 5.74) is 0.733. The highest BCUT2D eigenvalue weighted by atomic mass is 16.4. The molecule has 3 rings (SSSR count). The fourth-order valence-electron chi connectivity index (χ4n) is 3.49. The SMILES string of the molecule is CC(=O)C1C2CCC(C=C2CC(=O)O)C1C(=O)O. The highest BCUT2D eigenvalue weighted by Crippen LogP contribution is 2.49. The molecule has 0 amide bonds. The fourth-order valence-corrected chi connectivity index (χ4v) is 3.49. The maximum Gasteiger partial charge on any atom is 0.307 e. The number of hydrogen-bond acceptors (Lipinski definition) is 3. The molecule has 0 aromatic heterocycles. The van der Waals surface area contributed by atoms with Gasteiger partial charge in [0.25, 0.3) is 0 Å². The zero-order valence-electron chi connectivity index (χ0n) is 10.1. The normalized spacial score (nSPS) is 33.9. The van der Waals surface area contributed by atoms with Crippen LogP contribution in [0.25, 0.3) is 0 Å². The molecule has 0 spiro atoms. The zero-order valence-corrected chi connectivity index (χ0v) is 10.1. The Bertz CT molecular complexity index is 437. The van der Waals surface area contributed by atoms with E-state index in [0.29, 0.717) is 0 Å². The molecule has 5 heteroatoms. The molecule has 1 saturated carbocycles. The van der Waals surface area contributed by atoms with Gasteiger partial charge in [-0.2, -0.15) is 0 Å². The Morgan fingerprint density at radius 3 is 2.39 bits per heavy atom. The molecule has 0 saturated heterocycles. The lowest BCUT2D eigenvalue weighted by Crippen LogP contribution is -2.46. The van der Waals surface area contributed by atoms with Crippen LogP contribution in [0.15, 0.2) is 11.6 Å². The Morgan fingerprint density at radius 2 is 1.89 bits per heavy atom. The van der Waals surface area contributed by atoms with Crippen molar-refractivity contribution in [1.82, 2.24) is 0 Å². The first-order chi connectivity index (χ1) is 8.41. The largest absolute Gasteiger partial charge is 0.481 e. The van der Waals surface area contributed by atoms with Crippen LogP contribution in [-0.2, 0) is 14.4 Å². The summed E-state index contributed by atoms with van der Waals surface area (Å²) in [6.45, 7) is 1.40. The highest BCUT2D eigenvalue weighted by Gasteiger charge is 2.49. The summed E-state index contributed by atoms with van der Waals surface area (Å²) < 4.78 is 0. The molecule has 0 aromatic rings. The maximum absolute atomic E-state index is 11.7. The molecule has 2 N–H and O–H groups in total. The predicted molar refractivity (Wildman–Crippen MR) is 61.8 cm³/mol. The third-order valence-corrected chi connectivity index (χ3v) is 4.11. The number of allylic oxidation sites excluding steroid dienone is 1. The van der Waals surface area contributed by atoms with Crippen LogP contribution in [0.4, 0.5) is 0 Å². The number of ketones is 1. The van der Waals surface area contributed by atoms with Crippen LogP contribution in [0, 0.1) is 23.7 Å². The Balaban J connectivity index is 2.36. The second-order valence-corrected chi connectivity index (χ2v) is 5.16. The van der Waals surface area contributed by atoms with Gasteiger partial charge in [-0.3, -0.25) is 14.4 Å². The van der Waals surface area contributed by atoms with E-state index in [9.17, 15) is 19.5 Å². The molecule has 1 fully saturated rings. The third kappa shape index (κ3) is 2.05. The van der Waals surface area contributed by atoms with Crippen molar-refractivity contribution in [3.05, 3.63) is 11.6 Å². The van der Waals surface area contributed by atoms with E-state index in [1.165, 1.54) is 6.92 Å². The summed E-state index contributed by atoms with van der Waals surface area (Å²) in [7, 11) is 0. The maximum atomic E-state index is 11.7. The number of carboxylic acid groups (broad SMARTS) is 2. The molecule has 2 bridgehead atoms. The van der Waals surface area contributed by atoms with Crippen molar-refractivity contribution in [2.24, 2.45) is 23.7 Å². The zero-order chi connectivity index (χ0) is 13.4. The van der Waals surface area contributed by atoms with Crippen molar-refractivity contribution in [3.8, 4) is 0 Å². The predicted octanol–water partition coefficient (Wildman–Crippen LogP) is 1.33. The molecule has 98 valence electrons. The Morgan fingerprint density at radius 1 is 1.22 bits per heavy atom. The monoisotopic (exact) mass is 252 g/mol. The number of carbonyl (C=O) groups is 3. The number of Topliss-reactive ketones (excluding diaryl/α,β-unsaturated/α-hetero) is 1. The molecular formula is C13H16O5. The summed E-state index contributed by atoms with van der Waals surface area (Å²) in [4.78, 5) is 33.8. The minimum atomic E-state index is -0.949. The Hall–Kier alpha value is -1.65. The second-order valence-electron chi connectivity index (χ2n) is 5.16. The summed E-state index contributed by atoms with van der Waals surface area (Å²) in [5, 5.41) is 18.1. The minimum Gasteiger partial charge on any atom is -0.481 e. The second kappa shape index (κ2) is 4.55. The summed E-state index contributed by atoms with van der Waals surface area (Å²) in [6, 6.07) is 0. The summed E-state index contributed by atoms with van der Waals surface area (Å²) in [6.07, 6.45) is 3.14. The van der Waals surface area contributed by atoms with Crippen LogP contribution in [-0.4, -0.2) is 27.9 Å². The van der Waals surface area contributed by atoms with Crippen LogP contribution in [0.5, 0.6) is 0 Å². The first kappa shape index (κ1) is 12.8. The quantitative estimate of drug-likeness (QED) is 0.736. The number of rotatable bonds is 4. The van der Waals surface area contributed by atoms with Gasteiger partial charge in [0.2, 0.25) is 0 Å². The van der Waals surface area contributed by atoms with Gasteiger partial charge in [-0.25, -0.2) is 0 Å². The van der Waals surface area contributed by atoms with Crippen LogP contribution in [0.2, 0.25) is 0 Å². The lowest BCUT2D eigenvalue weighted by molar-refractivity contribution is -0.152. The van der Waals surface area contributed by atoms with Crippen molar-refractivity contribution in [2.45, 2.75) is 26.2 Å². The first-order valence-corrected chi connectivity index (χ1v) is 6.07. The van der Waals surface area contributed by atoms with Gasteiger partial charge in [-0.05, 0) is 31.6 Å². The van der Waals surface area contributed by atoms with Crippen LogP contribution in [0.1, 0.15) is 26.2 Å². The first-order valence-electron chi connectivity index (χ1n) is 6.07. The number of carbonyl (C=O) groups excluding carboxylic acids is 1. The molecular weight excluding hydrogens is 236 g/mol. The smallest absolute Gasteiger partial charge is 0.307 e. The van der Waals surface area contributed by atoms with Crippen molar-refractivity contribution in [3.63, 3.8) is 0 Å². The molecule has 4 unspecified atom stereocenters. The third-order valence-electron chi connectivity index (χ3n) is 4.11. The molecule has 3 aliphatic carbocycles. The van der Waals surface area contributed by atoms with Gasteiger partial charge in [-0.1, -0.05) is 11.6 Å². The van der Waals surface area contributed by atoms with E-state index < -0.39 is 23.8 Å². The van der Waals surface area contributed by atoms with E-state index in [1.54, 1.807) is 6.08 Å². The number of fused-ring (bicyclic) bond motifs is 2. The van der Waals surface area contributed by atoms with Crippen molar-refractivity contribution < 1.29 is 24.6 Å². The van der Waals surface area contributed by atoms with E-state index in [4.69, 9.17) is 5.11 Å². The molecule has 5 nitrogen and oxygen atoms in total. The molecule has 3 aliphatic rings. The number of hydrogen-bond donors (Lipinski definition) is 2. The van der Waals surface area contributed by atoms with E-state index in [1.807, 2.05) is 0 Å². The molecule has 0 radical (unpaired) electrons. The van der Waals surface area contributed by atoms with Crippen LogP contribution >= 0.6 is 0 Å². The van der Waals surface area contributed by atoms with Crippen LogP contribution < -0.4 is 0 Å². The lowest BCUT2D eigenvalue weighted by Gasteiger charge is -2.44. The van der Waals surface area contributed by atoms with Gasteiger partial charge >= 0.3 is 11.9 Å². The van der Waals surface area contributed by atoms with Gasteiger partial charge in [0.05, 0.1) is 12.3 Å². The molecule has 4 atom stereocenters. The lowest BCUT2D eigenvalue weighted by atomic mass is 9.58. The summed E-state index contributed by atoms with van der Waals surface area (Å²) in [5.74, 6) is -3.66. The fraction of sp³-hybridized carbons (Fsp3) is 0.615. The average molecular weight is 252 g/mol. The standard InChI is InChI=1S/C13H16O5/c1-6(14)11-9-3-2-7(12(11)13(17)18)4-8(9)5-10(15)16/h4,7,9,11-12H,2-3,5H2,1H3,(H,15,16)(H,17,18). The number of carboxylic acids is 2. The average Bonchev–Trinajstić information content (AvgIpc) is 2.27. The van der Waals surface area contributed by atoms with E-state index in [2.05, 4.69) is 0 Å². The van der Waals surface area contributed by atoms with Crippen molar-refractivity contribution in [1.29, 1.82) is 0 Å². The van der Waals surface area contributed by atoms with Gasteiger partial charge in [0.1, 0.15) is 5.78 Å². The highest BCUT2D eigenvalue weighted by molar-refractivity contribution is 5.86.